The molecule has 3 rings (SSSR count). The molecule has 8 heteroatoms. The second-order valence-corrected chi connectivity index (χ2v) is 7.75. The fourth-order valence-electron chi connectivity index (χ4n) is 3.70. The number of hydrogen-bond donors (Lipinski definition) is 2. The number of rotatable bonds is 6. The molecule has 1 heterocycles. The average molecular weight is 541 g/mol. The van der Waals surface area contributed by atoms with Crippen molar-refractivity contribution < 1.29 is 18.9 Å². The van der Waals surface area contributed by atoms with Crippen LogP contribution >= 0.6 is 24.0 Å². The number of para-hydroxylation sites is 1. The van der Waals surface area contributed by atoms with E-state index in [2.05, 4.69) is 35.5 Å². The Labute approximate surface area is 201 Å². The van der Waals surface area contributed by atoms with Crippen molar-refractivity contribution in [2.45, 2.75) is 38.5 Å². The van der Waals surface area contributed by atoms with Gasteiger partial charge in [0.25, 0.3) is 0 Å². The number of ether oxygens (including phenoxy) is 4. The summed E-state index contributed by atoms with van der Waals surface area (Å²) in [7, 11) is 6.62. The van der Waals surface area contributed by atoms with Crippen LogP contribution in [0.4, 0.5) is 0 Å². The number of benzene rings is 2. The van der Waals surface area contributed by atoms with E-state index >= 15 is 0 Å². The number of fused-ring (bicyclic) bond motifs is 1. The minimum Gasteiger partial charge on any atom is -0.496 e. The molecule has 1 unspecified atom stereocenters. The number of aliphatic imine (C=N–C) groups is 1. The second kappa shape index (κ2) is 10.8. The Morgan fingerprint density at radius 3 is 2.35 bits per heavy atom. The van der Waals surface area contributed by atoms with Gasteiger partial charge in [-0.2, -0.15) is 0 Å². The van der Waals surface area contributed by atoms with Crippen molar-refractivity contribution in [2.75, 3.05) is 28.4 Å². The number of methoxy groups -OCH3 is 3. The van der Waals surface area contributed by atoms with Crippen LogP contribution in [0.5, 0.6) is 23.0 Å². The van der Waals surface area contributed by atoms with E-state index in [4.69, 9.17) is 18.9 Å². The highest BCUT2D eigenvalue weighted by atomic mass is 127. The molecule has 170 valence electrons. The summed E-state index contributed by atoms with van der Waals surface area (Å²) in [4.78, 5) is 4.41. The highest BCUT2D eigenvalue weighted by molar-refractivity contribution is 14.0. The van der Waals surface area contributed by atoms with Crippen molar-refractivity contribution in [2.24, 2.45) is 4.99 Å². The predicted octanol–water partition coefficient (Wildman–Crippen LogP) is 4.30. The minimum absolute atomic E-state index is 0. The molecule has 0 amide bonds. The van der Waals surface area contributed by atoms with Gasteiger partial charge in [0.2, 0.25) is 0 Å². The van der Waals surface area contributed by atoms with Crippen LogP contribution in [-0.2, 0) is 6.54 Å². The molecular formula is C23H32IN3O4. The van der Waals surface area contributed by atoms with Gasteiger partial charge in [0.15, 0.2) is 17.5 Å². The van der Waals surface area contributed by atoms with E-state index in [0.717, 1.165) is 23.3 Å². The van der Waals surface area contributed by atoms with Crippen LogP contribution in [0.2, 0.25) is 0 Å². The summed E-state index contributed by atoms with van der Waals surface area (Å²) < 4.78 is 22.4. The van der Waals surface area contributed by atoms with E-state index < -0.39 is 0 Å². The Hall–Kier alpha value is -2.36. The molecule has 2 aromatic rings. The summed E-state index contributed by atoms with van der Waals surface area (Å²) in [5.74, 6) is 3.60. The number of hydrogen-bond acceptors (Lipinski definition) is 5. The minimum atomic E-state index is -0.266. The Kier molecular flexibility index (Phi) is 8.67. The van der Waals surface area contributed by atoms with Gasteiger partial charge in [-0.15, -0.1) is 24.0 Å². The van der Waals surface area contributed by atoms with Crippen LogP contribution in [-0.4, -0.2) is 39.9 Å². The summed E-state index contributed by atoms with van der Waals surface area (Å²) in [6, 6.07) is 11.9. The van der Waals surface area contributed by atoms with E-state index in [9.17, 15) is 0 Å². The van der Waals surface area contributed by atoms with Crippen molar-refractivity contribution in [3.05, 3.63) is 47.5 Å². The third-order valence-electron chi connectivity index (χ3n) is 5.14. The lowest BCUT2D eigenvalue weighted by Gasteiger charge is -2.38. The Bertz CT molecular complexity index is 918. The summed E-state index contributed by atoms with van der Waals surface area (Å²) in [5.41, 5.74) is 1.80. The standard InChI is InChI=1S/C23H31N3O4.HI/c1-23(2)13-17(16-9-7-8-10-18(16)30-23)26-22(24-3)25-14-15-11-20(28-5)21(29-6)12-19(15)27-4;/h7-12,17H,13-14H2,1-6H3,(H2,24,25,26);1H. The monoisotopic (exact) mass is 541 g/mol. The van der Waals surface area contributed by atoms with Crippen LogP contribution in [0, 0.1) is 0 Å². The van der Waals surface area contributed by atoms with Gasteiger partial charge < -0.3 is 29.6 Å². The van der Waals surface area contributed by atoms with Gasteiger partial charge in [-0.3, -0.25) is 4.99 Å². The first kappa shape index (κ1) is 24.9. The molecule has 1 atom stereocenters. The molecule has 0 saturated carbocycles. The molecule has 2 aromatic carbocycles. The molecule has 2 N–H and O–H groups in total. The number of nitrogens with zero attached hydrogens (tertiary/aromatic N) is 1. The zero-order valence-electron chi connectivity index (χ0n) is 18.9. The Morgan fingerprint density at radius 1 is 1.06 bits per heavy atom. The van der Waals surface area contributed by atoms with Crippen molar-refractivity contribution in [3.63, 3.8) is 0 Å². The van der Waals surface area contributed by atoms with Crippen molar-refractivity contribution in [1.29, 1.82) is 0 Å². The SMILES string of the molecule is CN=C(NCc1cc(OC)c(OC)cc1OC)NC1CC(C)(C)Oc2ccccc21.I. The molecule has 1 aliphatic rings. The van der Waals surface area contributed by atoms with E-state index in [1.54, 1.807) is 28.4 Å². The number of halogens is 1. The zero-order valence-corrected chi connectivity index (χ0v) is 21.3. The molecule has 0 aromatic heterocycles. The van der Waals surface area contributed by atoms with Crippen LogP contribution in [0.15, 0.2) is 41.4 Å². The lowest BCUT2D eigenvalue weighted by Crippen LogP contribution is -2.45. The van der Waals surface area contributed by atoms with Gasteiger partial charge in [0.1, 0.15) is 17.1 Å². The van der Waals surface area contributed by atoms with Crippen molar-refractivity contribution in [3.8, 4) is 23.0 Å². The Morgan fingerprint density at radius 2 is 1.71 bits per heavy atom. The highest BCUT2D eigenvalue weighted by Gasteiger charge is 2.34. The summed E-state index contributed by atoms with van der Waals surface area (Å²) in [6.07, 6.45) is 0.824. The van der Waals surface area contributed by atoms with E-state index in [1.807, 2.05) is 30.3 Å². The maximum Gasteiger partial charge on any atom is 0.191 e. The maximum atomic E-state index is 6.13. The van der Waals surface area contributed by atoms with E-state index in [0.29, 0.717) is 29.8 Å². The number of nitrogens with one attached hydrogen (secondary N) is 2. The summed E-state index contributed by atoms with van der Waals surface area (Å²) >= 11 is 0. The Balaban J connectivity index is 0.00000341. The molecule has 1 aliphatic heterocycles. The summed E-state index contributed by atoms with van der Waals surface area (Å²) in [6.45, 7) is 4.71. The second-order valence-electron chi connectivity index (χ2n) is 7.75. The van der Waals surface area contributed by atoms with Gasteiger partial charge in [-0.25, -0.2) is 0 Å². The maximum absolute atomic E-state index is 6.13. The predicted molar refractivity (Wildman–Crippen MR) is 133 cm³/mol. The van der Waals surface area contributed by atoms with E-state index in [-0.39, 0.29) is 35.6 Å². The van der Waals surface area contributed by atoms with Crippen molar-refractivity contribution >= 4 is 29.9 Å². The molecule has 0 radical (unpaired) electrons. The highest BCUT2D eigenvalue weighted by Crippen LogP contribution is 2.39. The lowest BCUT2D eigenvalue weighted by molar-refractivity contribution is 0.0694. The van der Waals surface area contributed by atoms with E-state index in [1.165, 1.54) is 0 Å². The largest absolute Gasteiger partial charge is 0.496 e. The topological polar surface area (TPSA) is 73.3 Å². The lowest BCUT2D eigenvalue weighted by atomic mass is 9.90. The summed E-state index contributed by atoms with van der Waals surface area (Å²) in [5, 5.41) is 6.91. The molecule has 31 heavy (non-hydrogen) atoms. The van der Waals surface area contributed by atoms with Crippen molar-refractivity contribution in [1.82, 2.24) is 10.6 Å². The zero-order chi connectivity index (χ0) is 21.7. The molecular weight excluding hydrogens is 509 g/mol. The van der Waals surface area contributed by atoms with Crippen LogP contribution in [0.3, 0.4) is 0 Å². The van der Waals surface area contributed by atoms with Gasteiger partial charge in [-0.1, -0.05) is 18.2 Å². The third-order valence-corrected chi connectivity index (χ3v) is 5.14. The average Bonchev–Trinajstić information content (AvgIpc) is 2.74. The molecule has 7 nitrogen and oxygen atoms in total. The molecule has 0 fully saturated rings. The fraction of sp³-hybridized carbons (Fsp3) is 0.435. The first-order chi connectivity index (χ1) is 14.4. The van der Waals surface area contributed by atoms with Gasteiger partial charge in [0.05, 0.1) is 27.4 Å². The molecule has 0 spiro atoms. The normalized spacial score (nSPS) is 16.8. The quantitative estimate of drug-likeness (QED) is 0.323. The van der Waals surface area contributed by atoms with Gasteiger partial charge in [0, 0.05) is 37.2 Å². The first-order valence-corrected chi connectivity index (χ1v) is 9.94. The van der Waals surface area contributed by atoms with Gasteiger partial charge >= 0.3 is 0 Å². The first-order valence-electron chi connectivity index (χ1n) is 9.94. The fourth-order valence-corrected chi connectivity index (χ4v) is 3.70. The van der Waals surface area contributed by atoms with Crippen LogP contribution in [0.1, 0.15) is 37.4 Å². The molecule has 0 aliphatic carbocycles. The smallest absolute Gasteiger partial charge is 0.191 e. The molecule has 0 saturated heterocycles. The molecule has 0 bridgehead atoms. The number of guanidine groups is 1. The van der Waals surface area contributed by atoms with Crippen LogP contribution in [0.25, 0.3) is 0 Å². The van der Waals surface area contributed by atoms with Crippen LogP contribution < -0.4 is 29.6 Å². The van der Waals surface area contributed by atoms with Gasteiger partial charge in [-0.05, 0) is 26.0 Å². The third kappa shape index (κ3) is 5.87.